The number of carboxylic acid groups (broad SMARTS) is 1. The lowest BCUT2D eigenvalue weighted by molar-refractivity contribution is -0.00139. The van der Waals surface area contributed by atoms with Gasteiger partial charge in [0.05, 0.1) is 17.2 Å². The van der Waals surface area contributed by atoms with Gasteiger partial charge in [-0.1, -0.05) is 6.42 Å². The van der Waals surface area contributed by atoms with Gasteiger partial charge in [-0.2, -0.15) is 0 Å². The highest BCUT2D eigenvalue weighted by Gasteiger charge is 2.48. The third-order valence-corrected chi connectivity index (χ3v) is 5.40. The predicted molar refractivity (Wildman–Crippen MR) is 79.7 cm³/mol. The number of nitrogens with zero attached hydrogens (tertiary/aromatic N) is 2. The third kappa shape index (κ3) is 3.01. The van der Waals surface area contributed by atoms with E-state index < -0.39 is 12.2 Å². The summed E-state index contributed by atoms with van der Waals surface area (Å²) in [6, 6.07) is -0.172. The van der Waals surface area contributed by atoms with Crippen LogP contribution in [-0.2, 0) is 11.3 Å². The monoisotopic (exact) mass is 325 g/mol. The molecule has 22 heavy (non-hydrogen) atoms. The molecule has 7 nitrogen and oxygen atoms in total. The van der Waals surface area contributed by atoms with Crippen molar-refractivity contribution in [2.45, 2.75) is 38.3 Å². The number of hydrogen-bond donors (Lipinski definition) is 2. The van der Waals surface area contributed by atoms with Gasteiger partial charge in [-0.3, -0.25) is 0 Å². The molecule has 1 aromatic heterocycles. The number of aromatic nitrogens is 1. The molecule has 1 aliphatic heterocycles. The van der Waals surface area contributed by atoms with Crippen molar-refractivity contribution in [1.29, 1.82) is 0 Å². The number of hydrogen-bond acceptors (Lipinski definition) is 5. The van der Waals surface area contributed by atoms with E-state index in [0.29, 0.717) is 18.8 Å². The van der Waals surface area contributed by atoms with E-state index in [1.807, 2.05) is 5.38 Å². The molecule has 1 saturated carbocycles. The fourth-order valence-electron chi connectivity index (χ4n) is 3.27. The topological polar surface area (TPSA) is 91.8 Å². The summed E-state index contributed by atoms with van der Waals surface area (Å²) in [6.07, 6.45) is 2.58. The van der Waals surface area contributed by atoms with Crippen LogP contribution in [0, 0.1) is 5.41 Å². The predicted octanol–water partition coefficient (Wildman–Crippen LogP) is 2.29. The molecule has 2 aliphatic rings. The summed E-state index contributed by atoms with van der Waals surface area (Å²) in [5, 5.41) is 13.8. The van der Waals surface area contributed by atoms with Gasteiger partial charge in [-0.25, -0.2) is 14.6 Å². The Morgan fingerprint density at radius 1 is 1.50 bits per heavy atom. The molecule has 0 aromatic carbocycles. The molecule has 2 heterocycles. The second-order valence-corrected chi connectivity index (χ2v) is 6.67. The Labute approximate surface area is 132 Å². The molecule has 0 bridgehead atoms. The van der Waals surface area contributed by atoms with Crippen LogP contribution in [0.4, 0.5) is 9.59 Å². The standard InChI is InChI=1S/C14H19N3O4S/c18-12(21-7-10-8-22-9-15-10)16-11-6-17(13(19)20)5-4-14(11)2-1-3-14/h8-9,11H,1-7H2,(H,16,18)(H,19,20). The molecule has 1 aromatic rings. The van der Waals surface area contributed by atoms with Gasteiger partial charge in [0.2, 0.25) is 0 Å². The van der Waals surface area contributed by atoms with Crippen LogP contribution in [0.5, 0.6) is 0 Å². The third-order valence-electron chi connectivity index (χ3n) is 4.77. The number of carbonyl (C=O) groups is 2. The first-order chi connectivity index (χ1) is 10.6. The van der Waals surface area contributed by atoms with Crippen molar-refractivity contribution < 1.29 is 19.4 Å². The van der Waals surface area contributed by atoms with Gasteiger partial charge in [0, 0.05) is 18.5 Å². The van der Waals surface area contributed by atoms with Crippen molar-refractivity contribution in [3.05, 3.63) is 16.6 Å². The molecule has 1 aliphatic carbocycles. The van der Waals surface area contributed by atoms with Crippen molar-refractivity contribution in [2.24, 2.45) is 5.41 Å². The Morgan fingerprint density at radius 2 is 2.32 bits per heavy atom. The lowest BCUT2D eigenvalue weighted by Gasteiger charge is -2.52. The maximum absolute atomic E-state index is 12.0. The minimum Gasteiger partial charge on any atom is -0.465 e. The number of nitrogens with one attached hydrogen (secondary N) is 1. The number of carbonyl (C=O) groups excluding carboxylic acids is 1. The molecular weight excluding hydrogens is 306 g/mol. The van der Waals surface area contributed by atoms with Gasteiger partial charge in [-0.05, 0) is 24.7 Å². The minimum absolute atomic E-state index is 0.0472. The van der Waals surface area contributed by atoms with E-state index in [1.54, 1.807) is 5.51 Å². The van der Waals surface area contributed by atoms with E-state index in [-0.39, 0.29) is 18.1 Å². The molecule has 1 atom stereocenters. The second kappa shape index (κ2) is 6.12. The average molecular weight is 325 g/mol. The first-order valence-corrected chi connectivity index (χ1v) is 8.32. The van der Waals surface area contributed by atoms with E-state index >= 15 is 0 Å². The molecule has 1 spiro atoms. The maximum atomic E-state index is 12.0. The summed E-state index contributed by atoms with van der Waals surface area (Å²) in [6.45, 7) is 1.01. The zero-order chi connectivity index (χ0) is 15.6. The van der Waals surface area contributed by atoms with Gasteiger partial charge in [0.1, 0.15) is 6.61 Å². The minimum atomic E-state index is -0.934. The van der Waals surface area contributed by atoms with E-state index in [9.17, 15) is 9.59 Å². The Hall–Kier alpha value is -1.83. The number of likely N-dealkylation sites (tertiary alicyclic amines) is 1. The summed E-state index contributed by atoms with van der Waals surface area (Å²) >= 11 is 1.45. The van der Waals surface area contributed by atoms with Gasteiger partial charge >= 0.3 is 12.2 Å². The lowest BCUT2D eigenvalue weighted by Crippen LogP contribution is -2.61. The molecule has 2 amide bonds. The Morgan fingerprint density at radius 3 is 2.91 bits per heavy atom. The number of amides is 2. The molecule has 3 rings (SSSR count). The largest absolute Gasteiger partial charge is 0.465 e. The molecule has 2 N–H and O–H groups in total. The normalized spacial score (nSPS) is 22.9. The zero-order valence-electron chi connectivity index (χ0n) is 12.2. The smallest absolute Gasteiger partial charge is 0.407 e. The molecule has 1 saturated heterocycles. The fourth-order valence-corrected chi connectivity index (χ4v) is 3.81. The van der Waals surface area contributed by atoms with Crippen LogP contribution < -0.4 is 5.32 Å². The van der Waals surface area contributed by atoms with Gasteiger partial charge in [0.25, 0.3) is 0 Å². The number of alkyl carbamates (subject to hydrolysis) is 1. The zero-order valence-corrected chi connectivity index (χ0v) is 13.0. The highest BCUT2D eigenvalue weighted by molar-refractivity contribution is 7.07. The Bertz CT molecular complexity index is 544. The van der Waals surface area contributed by atoms with Crippen LogP contribution in [-0.4, -0.2) is 46.3 Å². The van der Waals surface area contributed by atoms with Gasteiger partial charge in [-0.15, -0.1) is 11.3 Å². The average Bonchev–Trinajstić information content (AvgIpc) is 2.96. The number of piperidine rings is 1. The van der Waals surface area contributed by atoms with Crippen molar-refractivity contribution in [3.8, 4) is 0 Å². The van der Waals surface area contributed by atoms with Crippen LogP contribution in [0.15, 0.2) is 10.9 Å². The van der Waals surface area contributed by atoms with Crippen LogP contribution >= 0.6 is 11.3 Å². The molecule has 0 radical (unpaired) electrons. The van der Waals surface area contributed by atoms with E-state index in [2.05, 4.69) is 10.3 Å². The number of rotatable bonds is 3. The van der Waals surface area contributed by atoms with Gasteiger partial charge in [0.15, 0.2) is 0 Å². The summed E-state index contributed by atoms with van der Waals surface area (Å²) in [4.78, 5) is 28.6. The van der Waals surface area contributed by atoms with Crippen molar-refractivity contribution in [1.82, 2.24) is 15.2 Å². The Balaban J connectivity index is 1.57. The summed E-state index contributed by atoms with van der Waals surface area (Å²) in [7, 11) is 0. The van der Waals surface area contributed by atoms with Crippen LogP contribution in [0.1, 0.15) is 31.4 Å². The molecular formula is C14H19N3O4S. The van der Waals surface area contributed by atoms with Crippen LogP contribution in [0.3, 0.4) is 0 Å². The summed E-state index contributed by atoms with van der Waals surface area (Å²) in [5.41, 5.74) is 2.45. The SMILES string of the molecule is O=C(NC1CN(C(=O)O)CCC12CCC2)OCc1cscn1. The highest BCUT2D eigenvalue weighted by atomic mass is 32.1. The highest BCUT2D eigenvalue weighted by Crippen LogP contribution is 2.49. The molecule has 8 heteroatoms. The van der Waals surface area contributed by atoms with E-state index in [0.717, 1.165) is 25.7 Å². The lowest BCUT2D eigenvalue weighted by atomic mass is 9.60. The number of ether oxygens (including phenoxy) is 1. The number of thiazole rings is 1. The van der Waals surface area contributed by atoms with E-state index in [1.165, 1.54) is 16.2 Å². The van der Waals surface area contributed by atoms with Crippen molar-refractivity contribution in [3.63, 3.8) is 0 Å². The molecule has 1 unspecified atom stereocenters. The summed E-state index contributed by atoms with van der Waals surface area (Å²) < 4.78 is 5.17. The fraction of sp³-hybridized carbons (Fsp3) is 0.643. The van der Waals surface area contributed by atoms with Crippen molar-refractivity contribution >= 4 is 23.5 Å². The van der Waals surface area contributed by atoms with E-state index in [4.69, 9.17) is 9.84 Å². The summed E-state index contributed by atoms with van der Waals surface area (Å²) in [5.74, 6) is 0. The maximum Gasteiger partial charge on any atom is 0.407 e. The van der Waals surface area contributed by atoms with Gasteiger partial charge < -0.3 is 20.1 Å². The first-order valence-electron chi connectivity index (χ1n) is 7.37. The first kappa shape index (κ1) is 15.1. The second-order valence-electron chi connectivity index (χ2n) is 5.95. The van der Waals surface area contributed by atoms with Crippen molar-refractivity contribution in [2.75, 3.05) is 13.1 Å². The molecule has 2 fully saturated rings. The quantitative estimate of drug-likeness (QED) is 0.889. The van der Waals surface area contributed by atoms with Crippen LogP contribution in [0.2, 0.25) is 0 Å². The molecule has 120 valence electrons. The van der Waals surface area contributed by atoms with Crippen LogP contribution in [0.25, 0.3) is 0 Å². The Kier molecular flexibility index (Phi) is 4.19.